The Morgan fingerprint density at radius 3 is 2.29 bits per heavy atom. The van der Waals surface area contributed by atoms with Crippen LogP contribution in [0.4, 0.5) is 5.69 Å². The molecule has 0 aromatic heterocycles. The molecule has 86 valence electrons. The van der Waals surface area contributed by atoms with Gasteiger partial charge < -0.3 is 5.73 Å². The van der Waals surface area contributed by atoms with E-state index >= 15 is 0 Å². The highest BCUT2D eigenvalue weighted by atomic mass is 32.2. The van der Waals surface area contributed by atoms with Crippen molar-refractivity contribution >= 4 is 23.2 Å². The molecule has 2 rings (SSSR count). The summed E-state index contributed by atoms with van der Waals surface area (Å²) >= 11 is 1.60. The number of nitrogen functional groups attached to an aromatic ring is 1. The zero-order chi connectivity index (χ0) is 12.3. The van der Waals surface area contributed by atoms with Crippen molar-refractivity contribution in [2.24, 2.45) is 0 Å². The molecule has 2 aromatic carbocycles. The predicted octanol–water partition coefficient (Wildman–Crippen LogP) is 3.62. The van der Waals surface area contributed by atoms with Crippen molar-refractivity contribution < 1.29 is 4.79 Å². The van der Waals surface area contributed by atoms with E-state index in [4.69, 9.17) is 5.73 Å². The van der Waals surface area contributed by atoms with Crippen LogP contribution in [-0.2, 0) is 0 Å². The van der Waals surface area contributed by atoms with Crippen LogP contribution in [0.1, 0.15) is 17.3 Å². The fourth-order valence-electron chi connectivity index (χ4n) is 1.46. The topological polar surface area (TPSA) is 43.1 Å². The maximum atomic E-state index is 11.1. The first-order chi connectivity index (χ1) is 8.16. The zero-order valence-electron chi connectivity index (χ0n) is 9.51. The number of para-hydroxylation sites is 1. The van der Waals surface area contributed by atoms with Gasteiger partial charge >= 0.3 is 0 Å². The van der Waals surface area contributed by atoms with Gasteiger partial charge in [-0.15, -0.1) is 0 Å². The number of ketones is 1. The quantitative estimate of drug-likeness (QED) is 0.661. The zero-order valence-corrected chi connectivity index (χ0v) is 10.3. The van der Waals surface area contributed by atoms with Crippen molar-refractivity contribution in [3.8, 4) is 0 Å². The lowest BCUT2D eigenvalue weighted by atomic mass is 10.2. The second-order valence-corrected chi connectivity index (χ2v) is 4.84. The van der Waals surface area contributed by atoms with Crippen LogP contribution in [0.15, 0.2) is 58.3 Å². The monoisotopic (exact) mass is 243 g/mol. The number of carbonyl (C=O) groups excluding carboxylic acids is 1. The van der Waals surface area contributed by atoms with Crippen molar-refractivity contribution in [1.82, 2.24) is 0 Å². The first-order valence-electron chi connectivity index (χ1n) is 5.30. The van der Waals surface area contributed by atoms with E-state index in [0.29, 0.717) is 0 Å². The van der Waals surface area contributed by atoms with Crippen LogP contribution in [-0.4, -0.2) is 5.78 Å². The smallest absolute Gasteiger partial charge is 0.159 e. The molecule has 0 aliphatic heterocycles. The number of carbonyl (C=O) groups is 1. The molecule has 0 radical (unpaired) electrons. The van der Waals surface area contributed by atoms with Gasteiger partial charge in [-0.2, -0.15) is 0 Å². The fourth-order valence-corrected chi connectivity index (χ4v) is 2.32. The van der Waals surface area contributed by atoms with Gasteiger partial charge in [0.2, 0.25) is 0 Å². The van der Waals surface area contributed by atoms with Crippen molar-refractivity contribution in [2.45, 2.75) is 16.7 Å². The van der Waals surface area contributed by atoms with Gasteiger partial charge in [-0.25, -0.2) is 0 Å². The highest BCUT2D eigenvalue weighted by molar-refractivity contribution is 7.99. The summed E-state index contributed by atoms with van der Waals surface area (Å²) < 4.78 is 0. The lowest BCUT2D eigenvalue weighted by molar-refractivity contribution is 0.101. The van der Waals surface area contributed by atoms with Gasteiger partial charge in [0.15, 0.2) is 5.78 Å². The lowest BCUT2D eigenvalue weighted by Crippen LogP contribution is -1.91. The molecule has 0 saturated carbocycles. The van der Waals surface area contributed by atoms with Gasteiger partial charge in [0.05, 0.1) is 0 Å². The first-order valence-corrected chi connectivity index (χ1v) is 6.12. The van der Waals surface area contributed by atoms with Gasteiger partial charge in [-0.1, -0.05) is 36.0 Å². The minimum atomic E-state index is 0.0841. The van der Waals surface area contributed by atoms with Crippen LogP contribution in [0.3, 0.4) is 0 Å². The van der Waals surface area contributed by atoms with Gasteiger partial charge in [0.25, 0.3) is 0 Å². The Morgan fingerprint density at radius 2 is 1.71 bits per heavy atom. The molecule has 0 aliphatic rings. The molecule has 3 heteroatoms. The summed E-state index contributed by atoms with van der Waals surface area (Å²) in [4.78, 5) is 13.2. The molecule has 2 aromatic rings. The van der Waals surface area contributed by atoms with E-state index in [2.05, 4.69) is 0 Å². The maximum absolute atomic E-state index is 11.1. The third kappa shape index (κ3) is 2.88. The highest BCUT2D eigenvalue weighted by Crippen LogP contribution is 2.31. The number of hydrogen-bond acceptors (Lipinski definition) is 3. The minimum absolute atomic E-state index is 0.0841. The Kier molecular flexibility index (Phi) is 3.49. The summed E-state index contributed by atoms with van der Waals surface area (Å²) in [6.45, 7) is 1.57. The third-order valence-corrected chi connectivity index (χ3v) is 3.51. The van der Waals surface area contributed by atoms with Crippen LogP contribution in [0.5, 0.6) is 0 Å². The molecule has 0 aliphatic carbocycles. The summed E-state index contributed by atoms with van der Waals surface area (Å²) in [5, 5.41) is 0. The lowest BCUT2D eigenvalue weighted by Gasteiger charge is -2.05. The molecule has 0 amide bonds. The van der Waals surface area contributed by atoms with E-state index in [-0.39, 0.29) is 5.78 Å². The summed E-state index contributed by atoms with van der Waals surface area (Å²) in [5.41, 5.74) is 7.37. The molecule has 0 unspecified atom stereocenters. The first kappa shape index (κ1) is 11.7. The highest BCUT2D eigenvalue weighted by Gasteiger charge is 2.02. The number of anilines is 1. The van der Waals surface area contributed by atoms with Crippen molar-refractivity contribution in [1.29, 1.82) is 0 Å². The summed E-state index contributed by atoms with van der Waals surface area (Å²) in [5.74, 6) is 0.0841. The molecule has 0 fully saturated rings. The van der Waals surface area contributed by atoms with Gasteiger partial charge in [0.1, 0.15) is 0 Å². The molecule has 0 heterocycles. The summed E-state index contributed by atoms with van der Waals surface area (Å²) in [7, 11) is 0. The second kappa shape index (κ2) is 5.06. The Hall–Kier alpha value is -1.74. The number of benzene rings is 2. The number of rotatable bonds is 3. The van der Waals surface area contributed by atoms with Crippen molar-refractivity contribution in [3.05, 3.63) is 54.1 Å². The number of nitrogens with two attached hydrogens (primary N) is 1. The maximum Gasteiger partial charge on any atom is 0.159 e. The Balaban J connectivity index is 2.20. The van der Waals surface area contributed by atoms with Crippen LogP contribution >= 0.6 is 11.8 Å². The van der Waals surface area contributed by atoms with Gasteiger partial charge in [-0.3, -0.25) is 4.79 Å². The molecule has 0 spiro atoms. The van der Waals surface area contributed by atoms with E-state index in [1.807, 2.05) is 48.5 Å². The SMILES string of the molecule is CC(=O)c1ccc(Sc2ccccc2N)cc1. The molecule has 2 N–H and O–H groups in total. The fraction of sp³-hybridized carbons (Fsp3) is 0.0714. The molecular formula is C14H13NOS. The van der Waals surface area contributed by atoms with E-state index in [1.165, 1.54) is 0 Å². The van der Waals surface area contributed by atoms with Crippen LogP contribution in [0, 0.1) is 0 Å². The molecule has 17 heavy (non-hydrogen) atoms. The molecule has 0 atom stereocenters. The van der Waals surface area contributed by atoms with Crippen LogP contribution in [0.2, 0.25) is 0 Å². The summed E-state index contributed by atoms with van der Waals surface area (Å²) in [6.07, 6.45) is 0. The average Bonchev–Trinajstić information content (AvgIpc) is 2.33. The summed E-state index contributed by atoms with van der Waals surface area (Å²) in [6, 6.07) is 15.3. The van der Waals surface area contributed by atoms with Crippen molar-refractivity contribution in [3.63, 3.8) is 0 Å². The number of Topliss-reactive ketones (excluding diaryl/α,β-unsaturated/α-hetero) is 1. The van der Waals surface area contributed by atoms with E-state index < -0.39 is 0 Å². The molecule has 2 nitrogen and oxygen atoms in total. The van der Waals surface area contributed by atoms with E-state index in [9.17, 15) is 4.79 Å². The van der Waals surface area contributed by atoms with Crippen LogP contribution < -0.4 is 5.73 Å². The molecule has 0 saturated heterocycles. The standard InChI is InChI=1S/C14H13NOS/c1-10(16)11-6-8-12(9-7-11)17-14-5-3-2-4-13(14)15/h2-9H,15H2,1H3. The van der Waals surface area contributed by atoms with Crippen molar-refractivity contribution in [2.75, 3.05) is 5.73 Å². The normalized spacial score (nSPS) is 10.2. The predicted molar refractivity (Wildman–Crippen MR) is 71.4 cm³/mol. The Labute approximate surface area is 105 Å². The average molecular weight is 243 g/mol. The van der Waals surface area contributed by atoms with Gasteiger partial charge in [0, 0.05) is 21.0 Å². The third-order valence-electron chi connectivity index (χ3n) is 2.41. The van der Waals surface area contributed by atoms with Crippen LogP contribution in [0.25, 0.3) is 0 Å². The van der Waals surface area contributed by atoms with E-state index in [1.54, 1.807) is 18.7 Å². The Bertz CT molecular complexity index is 534. The molecule has 0 bridgehead atoms. The van der Waals surface area contributed by atoms with E-state index in [0.717, 1.165) is 21.0 Å². The number of hydrogen-bond donors (Lipinski definition) is 1. The second-order valence-electron chi connectivity index (χ2n) is 3.72. The Morgan fingerprint density at radius 1 is 1.06 bits per heavy atom. The largest absolute Gasteiger partial charge is 0.398 e. The minimum Gasteiger partial charge on any atom is -0.398 e. The molecular weight excluding hydrogens is 230 g/mol. The van der Waals surface area contributed by atoms with Gasteiger partial charge in [-0.05, 0) is 31.2 Å².